The number of nitrogens with one attached hydrogen (secondary N) is 3. The Hall–Kier alpha value is -2.59. The number of benzene rings is 2. The van der Waals surface area contributed by atoms with Gasteiger partial charge in [-0.1, -0.05) is 12.1 Å². The standard InChI is InChI=1S/C23H32N4O4S/c1-27(22(29)19-14-24-23(30)26-19)20(15-6-10-17(31-2)11-7-15)21(28)25-16-8-12-18(13-9-16)32(3,4)5/h6-13,19-20,23-24,26,30H,14H2,1-5H3,(H,25,28). The van der Waals surface area contributed by atoms with E-state index in [9.17, 15) is 14.7 Å². The lowest BCUT2D eigenvalue weighted by Crippen LogP contribution is -2.48. The number of likely N-dealkylation sites (N-methyl/N-ethyl adjacent to an activating group) is 1. The van der Waals surface area contributed by atoms with E-state index < -0.39 is 28.5 Å². The zero-order valence-electron chi connectivity index (χ0n) is 19.1. The number of carbonyl (C=O) groups excluding carboxylic acids is 2. The van der Waals surface area contributed by atoms with E-state index in [4.69, 9.17) is 4.74 Å². The molecule has 1 fully saturated rings. The van der Waals surface area contributed by atoms with Gasteiger partial charge < -0.3 is 20.1 Å². The highest BCUT2D eigenvalue weighted by molar-refractivity contribution is 8.32. The minimum atomic E-state index is -0.950. The summed E-state index contributed by atoms with van der Waals surface area (Å²) < 4.78 is 5.22. The van der Waals surface area contributed by atoms with E-state index in [-0.39, 0.29) is 18.4 Å². The van der Waals surface area contributed by atoms with Gasteiger partial charge in [0.1, 0.15) is 17.8 Å². The first-order chi connectivity index (χ1) is 15.1. The van der Waals surface area contributed by atoms with Crippen molar-refractivity contribution in [2.45, 2.75) is 23.3 Å². The van der Waals surface area contributed by atoms with Crippen LogP contribution in [0.25, 0.3) is 0 Å². The molecule has 2 amide bonds. The fourth-order valence-electron chi connectivity index (χ4n) is 3.56. The van der Waals surface area contributed by atoms with Crippen LogP contribution in [-0.4, -0.2) is 73.7 Å². The minimum Gasteiger partial charge on any atom is -0.497 e. The number of amides is 2. The monoisotopic (exact) mass is 460 g/mol. The fourth-order valence-corrected chi connectivity index (χ4v) is 4.52. The summed E-state index contributed by atoms with van der Waals surface area (Å²) in [4.78, 5) is 29.1. The smallest absolute Gasteiger partial charge is 0.251 e. The Morgan fingerprint density at radius 2 is 1.75 bits per heavy atom. The highest BCUT2D eigenvalue weighted by atomic mass is 32.3. The molecule has 0 bridgehead atoms. The Labute approximate surface area is 190 Å². The van der Waals surface area contributed by atoms with Crippen LogP contribution in [-0.2, 0) is 9.59 Å². The van der Waals surface area contributed by atoms with Crippen molar-refractivity contribution >= 4 is 27.5 Å². The van der Waals surface area contributed by atoms with Crippen LogP contribution in [0.4, 0.5) is 5.69 Å². The number of nitrogens with zero attached hydrogens (tertiary/aromatic N) is 1. The molecular formula is C23H32N4O4S. The SMILES string of the molecule is COc1ccc(C(C(=O)Nc2ccc(S(C)(C)C)cc2)N(C)C(=O)C2CNC(O)N2)cc1. The molecule has 2 aromatic carbocycles. The molecule has 9 heteroatoms. The van der Waals surface area contributed by atoms with Crippen molar-refractivity contribution in [1.82, 2.24) is 15.5 Å². The van der Waals surface area contributed by atoms with Crippen LogP contribution in [0, 0.1) is 0 Å². The fraction of sp³-hybridized carbons (Fsp3) is 0.391. The van der Waals surface area contributed by atoms with Gasteiger partial charge in [-0.3, -0.25) is 20.2 Å². The summed E-state index contributed by atoms with van der Waals surface area (Å²) in [7, 11) is 2.30. The van der Waals surface area contributed by atoms with E-state index >= 15 is 0 Å². The minimum absolute atomic E-state index is 0.276. The van der Waals surface area contributed by atoms with Crippen molar-refractivity contribution < 1.29 is 19.4 Å². The number of aliphatic hydroxyl groups is 1. The molecule has 0 radical (unpaired) electrons. The average Bonchev–Trinajstić information content (AvgIpc) is 3.19. The van der Waals surface area contributed by atoms with Gasteiger partial charge in [-0.05, 0) is 65.6 Å². The Bertz CT molecular complexity index is 944. The number of carbonyl (C=O) groups is 2. The predicted octanol–water partition coefficient (Wildman–Crippen LogP) is 1.72. The molecule has 0 saturated carbocycles. The molecule has 4 N–H and O–H groups in total. The number of aliphatic hydroxyl groups excluding tert-OH is 1. The number of rotatable bonds is 7. The zero-order chi connectivity index (χ0) is 23.5. The van der Waals surface area contributed by atoms with E-state index in [1.54, 1.807) is 38.4 Å². The van der Waals surface area contributed by atoms with E-state index in [1.807, 2.05) is 24.3 Å². The summed E-state index contributed by atoms with van der Waals surface area (Å²) in [6.07, 6.45) is 5.69. The molecule has 1 heterocycles. The second-order valence-corrected chi connectivity index (χ2v) is 12.7. The molecule has 3 rings (SSSR count). The van der Waals surface area contributed by atoms with Crippen LogP contribution in [0.5, 0.6) is 5.75 Å². The molecule has 0 aliphatic carbocycles. The van der Waals surface area contributed by atoms with Crippen LogP contribution < -0.4 is 20.7 Å². The second-order valence-electron chi connectivity index (χ2n) is 8.51. The van der Waals surface area contributed by atoms with Gasteiger partial charge in [0.05, 0.1) is 7.11 Å². The van der Waals surface area contributed by atoms with Gasteiger partial charge in [0.15, 0.2) is 6.35 Å². The maximum Gasteiger partial charge on any atom is 0.251 e. The molecule has 2 aromatic rings. The summed E-state index contributed by atoms with van der Waals surface area (Å²) in [6, 6.07) is 13.4. The van der Waals surface area contributed by atoms with Gasteiger partial charge in [-0.15, -0.1) is 0 Å². The first-order valence-corrected chi connectivity index (χ1v) is 13.1. The van der Waals surface area contributed by atoms with Crippen molar-refractivity contribution in [1.29, 1.82) is 0 Å². The first-order valence-electron chi connectivity index (χ1n) is 10.3. The van der Waals surface area contributed by atoms with Crippen molar-refractivity contribution in [3.05, 3.63) is 54.1 Å². The van der Waals surface area contributed by atoms with Gasteiger partial charge >= 0.3 is 0 Å². The molecule has 0 aromatic heterocycles. The van der Waals surface area contributed by atoms with Crippen molar-refractivity contribution in [3.63, 3.8) is 0 Å². The zero-order valence-corrected chi connectivity index (χ0v) is 19.9. The third kappa shape index (κ3) is 5.60. The maximum absolute atomic E-state index is 13.4. The van der Waals surface area contributed by atoms with Crippen LogP contribution in [0.15, 0.2) is 53.4 Å². The number of anilines is 1. The average molecular weight is 461 g/mol. The lowest BCUT2D eigenvalue weighted by Gasteiger charge is -2.30. The molecule has 3 atom stereocenters. The summed E-state index contributed by atoms with van der Waals surface area (Å²) in [5.41, 5.74) is 1.32. The molecule has 3 unspecified atom stereocenters. The molecule has 8 nitrogen and oxygen atoms in total. The molecule has 1 aliphatic rings. The maximum atomic E-state index is 13.4. The topological polar surface area (TPSA) is 103 Å². The second kappa shape index (κ2) is 9.91. The van der Waals surface area contributed by atoms with Crippen molar-refractivity contribution in [2.24, 2.45) is 0 Å². The predicted molar refractivity (Wildman–Crippen MR) is 128 cm³/mol. The summed E-state index contributed by atoms with van der Waals surface area (Å²) in [5.74, 6) is 0.0389. The van der Waals surface area contributed by atoms with Crippen LogP contribution in [0.2, 0.25) is 0 Å². The summed E-state index contributed by atoms with van der Waals surface area (Å²) >= 11 is 0. The van der Waals surface area contributed by atoms with E-state index in [1.165, 1.54) is 9.80 Å². The Kier molecular flexibility index (Phi) is 7.45. The number of ether oxygens (including phenoxy) is 1. The molecule has 32 heavy (non-hydrogen) atoms. The van der Waals surface area contributed by atoms with Crippen LogP contribution >= 0.6 is 10.0 Å². The quantitative estimate of drug-likeness (QED) is 0.502. The largest absolute Gasteiger partial charge is 0.497 e. The number of hydrogen-bond acceptors (Lipinski definition) is 6. The van der Waals surface area contributed by atoms with E-state index in [2.05, 4.69) is 34.7 Å². The van der Waals surface area contributed by atoms with Gasteiger partial charge in [-0.2, -0.15) is 0 Å². The molecule has 1 aliphatic heterocycles. The van der Waals surface area contributed by atoms with E-state index in [0.29, 0.717) is 17.0 Å². The number of hydrogen-bond donors (Lipinski definition) is 4. The normalized spacial score (nSPS) is 19.8. The van der Waals surface area contributed by atoms with Crippen molar-refractivity contribution in [2.75, 3.05) is 44.8 Å². The Morgan fingerprint density at radius 3 is 2.25 bits per heavy atom. The van der Waals surface area contributed by atoms with Crippen molar-refractivity contribution in [3.8, 4) is 5.75 Å². The highest BCUT2D eigenvalue weighted by Crippen LogP contribution is 2.45. The van der Waals surface area contributed by atoms with Gasteiger partial charge in [0.25, 0.3) is 5.91 Å². The number of methoxy groups -OCH3 is 1. The third-order valence-electron chi connectivity index (χ3n) is 5.42. The molecule has 0 spiro atoms. The van der Waals surface area contributed by atoms with Gasteiger partial charge in [0.2, 0.25) is 5.91 Å². The molecule has 1 saturated heterocycles. The Balaban J connectivity index is 1.85. The van der Waals surface area contributed by atoms with Gasteiger partial charge in [0, 0.05) is 19.3 Å². The molecule has 174 valence electrons. The lowest BCUT2D eigenvalue weighted by molar-refractivity contribution is -0.138. The van der Waals surface area contributed by atoms with Crippen LogP contribution in [0.1, 0.15) is 11.6 Å². The van der Waals surface area contributed by atoms with Gasteiger partial charge in [-0.25, -0.2) is 10.0 Å². The third-order valence-corrected chi connectivity index (χ3v) is 7.10. The van der Waals surface area contributed by atoms with Crippen LogP contribution in [0.3, 0.4) is 0 Å². The highest BCUT2D eigenvalue weighted by Gasteiger charge is 2.35. The summed E-state index contributed by atoms with van der Waals surface area (Å²) in [5, 5.41) is 18.1. The summed E-state index contributed by atoms with van der Waals surface area (Å²) in [6.45, 7) is 0.276. The molecular weight excluding hydrogens is 428 g/mol. The Morgan fingerprint density at radius 1 is 1.12 bits per heavy atom. The first kappa shape index (κ1) is 24.1. The lowest BCUT2D eigenvalue weighted by atomic mass is 10.0. The van der Waals surface area contributed by atoms with E-state index in [0.717, 1.165) is 0 Å².